The van der Waals surface area contributed by atoms with Crippen LogP contribution in [0.25, 0.3) is 0 Å². The first-order valence-corrected chi connectivity index (χ1v) is 6.83. The van der Waals surface area contributed by atoms with Gasteiger partial charge in [-0.25, -0.2) is 0 Å². The van der Waals surface area contributed by atoms with Gasteiger partial charge >= 0.3 is 0 Å². The van der Waals surface area contributed by atoms with Crippen molar-refractivity contribution >= 4 is 5.84 Å². The number of rotatable bonds is 3. The van der Waals surface area contributed by atoms with Crippen LogP contribution in [0, 0.1) is 17.2 Å². The zero-order valence-electron chi connectivity index (χ0n) is 10.9. The molecule has 0 radical (unpaired) electrons. The maximum Gasteiger partial charge on any atom is 0.141 e. The summed E-state index contributed by atoms with van der Waals surface area (Å²) in [6.45, 7) is 2.89. The van der Waals surface area contributed by atoms with E-state index in [4.69, 9.17) is 11.1 Å². The molecule has 2 fully saturated rings. The van der Waals surface area contributed by atoms with E-state index in [0.717, 1.165) is 38.0 Å². The number of aromatic nitrogens is 1. The molecule has 5 heteroatoms. The van der Waals surface area contributed by atoms with Gasteiger partial charge in [0.1, 0.15) is 11.5 Å². The van der Waals surface area contributed by atoms with Crippen molar-refractivity contribution in [1.82, 2.24) is 9.88 Å². The van der Waals surface area contributed by atoms with Gasteiger partial charge in [-0.1, -0.05) is 0 Å². The molecule has 3 unspecified atom stereocenters. The summed E-state index contributed by atoms with van der Waals surface area (Å²) in [4.78, 5) is 6.46. The fraction of sp³-hybridized carbons (Fsp3) is 0.571. The highest BCUT2D eigenvalue weighted by Gasteiger charge is 2.41. The number of aliphatic hydroxyl groups excluding tert-OH is 1. The molecule has 3 atom stereocenters. The molecule has 3 rings (SSSR count). The minimum atomic E-state index is -0.111. The van der Waals surface area contributed by atoms with Gasteiger partial charge in [0.05, 0.1) is 6.10 Å². The lowest BCUT2D eigenvalue weighted by atomic mass is 10.00. The molecule has 2 heterocycles. The average molecular weight is 260 g/mol. The number of pyridine rings is 1. The predicted molar refractivity (Wildman–Crippen MR) is 72.8 cm³/mol. The van der Waals surface area contributed by atoms with Gasteiger partial charge in [-0.2, -0.15) is 0 Å². The average Bonchev–Trinajstić information content (AvgIpc) is 2.92. The lowest BCUT2D eigenvalue weighted by molar-refractivity contribution is 0.123. The van der Waals surface area contributed by atoms with Gasteiger partial charge in [0, 0.05) is 31.7 Å². The van der Waals surface area contributed by atoms with E-state index in [0.29, 0.717) is 17.5 Å². The van der Waals surface area contributed by atoms with Crippen molar-refractivity contribution in [3.63, 3.8) is 0 Å². The number of nitrogens with two attached hydrogens (primary N) is 1. The van der Waals surface area contributed by atoms with E-state index in [2.05, 4.69) is 9.88 Å². The van der Waals surface area contributed by atoms with Gasteiger partial charge in [-0.15, -0.1) is 0 Å². The Bertz CT molecular complexity index is 490. The van der Waals surface area contributed by atoms with Crippen molar-refractivity contribution in [2.75, 3.05) is 13.1 Å². The molecule has 1 aliphatic heterocycles. The standard InChI is InChI=1S/C14H20N4O/c15-14(16)12-5-9(3-4-17-12)6-18-7-10-1-2-13(19)11(10)8-18/h3-5,10-11,13,19H,1-2,6-8H2,(H3,15,16). The molecule has 5 nitrogen and oxygen atoms in total. The Morgan fingerprint density at radius 3 is 3.05 bits per heavy atom. The zero-order valence-corrected chi connectivity index (χ0v) is 10.9. The summed E-state index contributed by atoms with van der Waals surface area (Å²) in [5.41, 5.74) is 7.13. The zero-order chi connectivity index (χ0) is 13.4. The molecule has 2 aliphatic rings. The Morgan fingerprint density at radius 2 is 2.32 bits per heavy atom. The Hall–Kier alpha value is -1.46. The number of fused-ring (bicyclic) bond motifs is 1. The summed E-state index contributed by atoms with van der Waals surface area (Å²) in [5, 5.41) is 17.3. The third kappa shape index (κ3) is 2.48. The minimum Gasteiger partial charge on any atom is -0.393 e. The van der Waals surface area contributed by atoms with E-state index in [1.165, 1.54) is 0 Å². The van der Waals surface area contributed by atoms with Crippen molar-refractivity contribution in [2.24, 2.45) is 17.6 Å². The summed E-state index contributed by atoms with van der Waals surface area (Å²) < 4.78 is 0. The highest BCUT2D eigenvalue weighted by atomic mass is 16.3. The number of nitrogens with one attached hydrogen (secondary N) is 1. The summed E-state index contributed by atoms with van der Waals surface area (Å²) in [6, 6.07) is 3.85. The summed E-state index contributed by atoms with van der Waals surface area (Å²) in [7, 11) is 0. The van der Waals surface area contributed by atoms with Crippen LogP contribution < -0.4 is 5.73 Å². The number of nitrogen functional groups attached to an aromatic ring is 1. The molecule has 1 saturated heterocycles. The second-order valence-electron chi connectivity index (χ2n) is 5.73. The quantitative estimate of drug-likeness (QED) is 0.548. The lowest BCUT2D eigenvalue weighted by Crippen LogP contribution is -2.24. The van der Waals surface area contributed by atoms with E-state index in [9.17, 15) is 5.11 Å². The Labute approximate surface area is 113 Å². The number of amidine groups is 1. The summed E-state index contributed by atoms with van der Waals surface area (Å²) in [5.74, 6) is 1.12. The van der Waals surface area contributed by atoms with Crippen LogP contribution in [-0.2, 0) is 6.54 Å². The molecule has 102 valence electrons. The molecule has 1 aromatic rings. The second-order valence-corrected chi connectivity index (χ2v) is 5.73. The molecule has 0 aromatic carbocycles. The molecular formula is C14H20N4O. The fourth-order valence-corrected chi connectivity index (χ4v) is 3.44. The van der Waals surface area contributed by atoms with Gasteiger partial charge in [0.25, 0.3) is 0 Å². The molecule has 19 heavy (non-hydrogen) atoms. The third-order valence-electron chi connectivity index (χ3n) is 4.40. The van der Waals surface area contributed by atoms with Gasteiger partial charge in [-0.05, 0) is 36.5 Å². The number of aliphatic hydroxyl groups is 1. The van der Waals surface area contributed by atoms with Crippen molar-refractivity contribution < 1.29 is 5.11 Å². The van der Waals surface area contributed by atoms with E-state index in [-0.39, 0.29) is 11.9 Å². The highest BCUT2D eigenvalue weighted by molar-refractivity contribution is 5.93. The molecule has 1 saturated carbocycles. The number of hydrogen-bond donors (Lipinski definition) is 3. The SMILES string of the molecule is N=C(N)c1cc(CN2CC3CCC(O)C3C2)ccn1. The predicted octanol–water partition coefficient (Wildman–Crippen LogP) is 0.568. The van der Waals surface area contributed by atoms with Crippen LogP contribution in [0.2, 0.25) is 0 Å². The smallest absolute Gasteiger partial charge is 0.141 e. The fourth-order valence-electron chi connectivity index (χ4n) is 3.44. The first kappa shape index (κ1) is 12.6. The molecule has 1 aromatic heterocycles. The van der Waals surface area contributed by atoms with E-state index < -0.39 is 0 Å². The summed E-state index contributed by atoms with van der Waals surface area (Å²) >= 11 is 0. The Balaban J connectivity index is 1.66. The molecule has 0 spiro atoms. The monoisotopic (exact) mass is 260 g/mol. The van der Waals surface area contributed by atoms with E-state index >= 15 is 0 Å². The molecular weight excluding hydrogens is 240 g/mol. The van der Waals surface area contributed by atoms with Gasteiger partial charge in [0.15, 0.2) is 0 Å². The number of hydrogen-bond acceptors (Lipinski definition) is 4. The first-order valence-electron chi connectivity index (χ1n) is 6.83. The van der Waals surface area contributed by atoms with Gasteiger partial charge in [-0.3, -0.25) is 15.3 Å². The van der Waals surface area contributed by atoms with Crippen LogP contribution in [0.5, 0.6) is 0 Å². The van der Waals surface area contributed by atoms with Crippen LogP contribution in [0.3, 0.4) is 0 Å². The minimum absolute atomic E-state index is 0.00978. The van der Waals surface area contributed by atoms with E-state index in [1.807, 2.05) is 12.1 Å². The second kappa shape index (κ2) is 4.90. The van der Waals surface area contributed by atoms with Crippen molar-refractivity contribution in [1.29, 1.82) is 5.41 Å². The molecule has 0 bridgehead atoms. The van der Waals surface area contributed by atoms with Gasteiger partial charge in [0.2, 0.25) is 0 Å². The van der Waals surface area contributed by atoms with Crippen LogP contribution >= 0.6 is 0 Å². The third-order valence-corrected chi connectivity index (χ3v) is 4.40. The van der Waals surface area contributed by atoms with Crippen molar-refractivity contribution in [3.8, 4) is 0 Å². The van der Waals surface area contributed by atoms with Crippen LogP contribution in [0.4, 0.5) is 0 Å². The number of likely N-dealkylation sites (tertiary alicyclic amines) is 1. The lowest BCUT2D eigenvalue weighted by Gasteiger charge is -2.18. The van der Waals surface area contributed by atoms with Crippen molar-refractivity contribution in [3.05, 3.63) is 29.6 Å². The maximum atomic E-state index is 9.92. The van der Waals surface area contributed by atoms with E-state index in [1.54, 1.807) is 6.20 Å². The van der Waals surface area contributed by atoms with Crippen LogP contribution in [-0.4, -0.2) is 40.0 Å². The maximum absolute atomic E-state index is 9.92. The Kier molecular flexibility index (Phi) is 3.24. The molecule has 0 amide bonds. The Morgan fingerprint density at radius 1 is 1.47 bits per heavy atom. The van der Waals surface area contributed by atoms with Gasteiger partial charge < -0.3 is 10.8 Å². The normalized spacial score (nSPS) is 30.5. The summed E-state index contributed by atoms with van der Waals surface area (Å²) in [6.07, 6.45) is 3.71. The topological polar surface area (TPSA) is 86.2 Å². The van der Waals surface area contributed by atoms with Crippen molar-refractivity contribution in [2.45, 2.75) is 25.5 Å². The first-order chi connectivity index (χ1) is 9.13. The highest BCUT2D eigenvalue weighted by Crippen LogP contribution is 2.38. The largest absolute Gasteiger partial charge is 0.393 e. The number of nitrogens with zero attached hydrogens (tertiary/aromatic N) is 2. The van der Waals surface area contributed by atoms with Crippen LogP contribution in [0.1, 0.15) is 24.1 Å². The van der Waals surface area contributed by atoms with Crippen LogP contribution in [0.15, 0.2) is 18.3 Å². The molecule has 4 N–H and O–H groups in total. The molecule has 1 aliphatic carbocycles.